The second-order valence-electron chi connectivity index (χ2n) is 4.78. The van der Waals surface area contributed by atoms with E-state index in [2.05, 4.69) is 31.4 Å². The molecule has 1 unspecified atom stereocenters. The van der Waals surface area contributed by atoms with Gasteiger partial charge < -0.3 is 10.6 Å². The summed E-state index contributed by atoms with van der Waals surface area (Å²) >= 11 is 0. The van der Waals surface area contributed by atoms with E-state index >= 15 is 0 Å². The summed E-state index contributed by atoms with van der Waals surface area (Å²) in [5.74, 6) is 0.355. The minimum Gasteiger partial charge on any atom is -0.354 e. The molecule has 0 aliphatic carbocycles. The first-order valence-electron chi connectivity index (χ1n) is 6.70. The van der Waals surface area contributed by atoms with Crippen molar-refractivity contribution in [2.45, 2.75) is 26.7 Å². The van der Waals surface area contributed by atoms with Crippen molar-refractivity contribution in [1.29, 1.82) is 0 Å². The van der Waals surface area contributed by atoms with E-state index in [4.69, 9.17) is 0 Å². The number of nitrogens with one attached hydrogen (secondary N) is 2. The Balaban J connectivity index is 0.00000324. The van der Waals surface area contributed by atoms with E-state index in [1.54, 1.807) is 0 Å². The topological polar surface area (TPSA) is 41.1 Å². The van der Waals surface area contributed by atoms with E-state index in [9.17, 15) is 4.79 Å². The fourth-order valence-electron chi connectivity index (χ4n) is 2.06. The number of hydrogen-bond acceptors (Lipinski definition) is 2. The van der Waals surface area contributed by atoms with Crippen LogP contribution in [0.15, 0.2) is 30.3 Å². The first-order valence-corrected chi connectivity index (χ1v) is 6.70. The van der Waals surface area contributed by atoms with Crippen LogP contribution in [0.4, 0.5) is 0 Å². The number of carbonyl (C=O) groups excluding carboxylic acids is 1. The molecule has 1 aromatic rings. The van der Waals surface area contributed by atoms with E-state index in [1.165, 1.54) is 0 Å². The van der Waals surface area contributed by atoms with Gasteiger partial charge in [0.05, 0.1) is 5.92 Å². The van der Waals surface area contributed by atoms with Gasteiger partial charge in [-0.3, -0.25) is 4.79 Å². The third kappa shape index (κ3) is 6.08. The van der Waals surface area contributed by atoms with E-state index < -0.39 is 0 Å². The van der Waals surface area contributed by atoms with Gasteiger partial charge in [-0.05, 0) is 18.0 Å². The molecular weight excluding hydrogens is 260 g/mol. The van der Waals surface area contributed by atoms with Crippen LogP contribution in [0.25, 0.3) is 0 Å². The summed E-state index contributed by atoms with van der Waals surface area (Å²) in [5, 5.41) is 6.19. The van der Waals surface area contributed by atoms with Crippen molar-refractivity contribution in [2.24, 2.45) is 5.92 Å². The highest BCUT2D eigenvalue weighted by atomic mass is 35.5. The highest BCUT2D eigenvalue weighted by Gasteiger charge is 2.23. The Kier molecular flexibility index (Phi) is 9.27. The molecule has 0 bridgehead atoms. The van der Waals surface area contributed by atoms with Crippen LogP contribution < -0.4 is 10.6 Å². The Hall–Kier alpha value is -1.06. The Bertz CT molecular complexity index is 354. The van der Waals surface area contributed by atoms with Gasteiger partial charge in [0.25, 0.3) is 0 Å². The van der Waals surface area contributed by atoms with Gasteiger partial charge in [-0.1, -0.05) is 51.1 Å². The van der Waals surface area contributed by atoms with Crippen LogP contribution >= 0.6 is 12.4 Å². The third-order valence-electron chi connectivity index (χ3n) is 2.96. The van der Waals surface area contributed by atoms with Crippen molar-refractivity contribution < 1.29 is 4.79 Å². The second-order valence-corrected chi connectivity index (χ2v) is 4.78. The SMILES string of the molecule is CCNCCNC(=O)C(c1ccccc1)C(C)C.Cl. The molecule has 0 aromatic heterocycles. The molecule has 108 valence electrons. The Labute approximate surface area is 122 Å². The largest absolute Gasteiger partial charge is 0.354 e. The van der Waals surface area contributed by atoms with Crippen molar-refractivity contribution in [1.82, 2.24) is 10.6 Å². The molecule has 0 fully saturated rings. The zero-order valence-electron chi connectivity index (χ0n) is 12.0. The van der Waals surface area contributed by atoms with Crippen LogP contribution in [-0.4, -0.2) is 25.5 Å². The summed E-state index contributed by atoms with van der Waals surface area (Å²) in [4.78, 5) is 12.2. The lowest BCUT2D eigenvalue weighted by atomic mass is 9.88. The quantitative estimate of drug-likeness (QED) is 0.756. The third-order valence-corrected chi connectivity index (χ3v) is 2.96. The molecule has 2 N–H and O–H groups in total. The van der Waals surface area contributed by atoms with Crippen LogP contribution in [-0.2, 0) is 4.79 Å². The monoisotopic (exact) mass is 284 g/mol. The zero-order valence-corrected chi connectivity index (χ0v) is 12.8. The maximum atomic E-state index is 12.2. The summed E-state index contributed by atoms with van der Waals surface area (Å²) in [7, 11) is 0. The molecule has 0 saturated heterocycles. The molecule has 4 heteroatoms. The molecule has 3 nitrogen and oxygen atoms in total. The Morgan fingerprint density at radius 2 is 1.79 bits per heavy atom. The molecule has 1 rings (SSSR count). The Morgan fingerprint density at radius 3 is 2.32 bits per heavy atom. The standard InChI is InChI=1S/C15H24N2O.ClH/c1-4-16-10-11-17-15(18)14(12(2)3)13-8-6-5-7-9-13;/h5-9,12,14,16H,4,10-11H2,1-3H3,(H,17,18);1H. The van der Waals surface area contributed by atoms with Crippen molar-refractivity contribution in [3.8, 4) is 0 Å². The van der Waals surface area contributed by atoms with Crippen LogP contribution in [0.3, 0.4) is 0 Å². The average Bonchev–Trinajstić information content (AvgIpc) is 2.36. The summed E-state index contributed by atoms with van der Waals surface area (Å²) in [6, 6.07) is 9.99. The number of amides is 1. The van der Waals surface area contributed by atoms with E-state index in [1.807, 2.05) is 30.3 Å². The van der Waals surface area contributed by atoms with Crippen molar-refractivity contribution in [2.75, 3.05) is 19.6 Å². The molecule has 0 radical (unpaired) electrons. The number of benzene rings is 1. The average molecular weight is 285 g/mol. The van der Waals surface area contributed by atoms with Gasteiger partial charge in [-0.25, -0.2) is 0 Å². The van der Waals surface area contributed by atoms with Crippen LogP contribution in [0.1, 0.15) is 32.3 Å². The predicted molar refractivity (Wildman–Crippen MR) is 82.8 cm³/mol. The fraction of sp³-hybridized carbons (Fsp3) is 0.533. The molecule has 0 spiro atoms. The number of halogens is 1. The van der Waals surface area contributed by atoms with Crippen molar-refractivity contribution in [3.63, 3.8) is 0 Å². The van der Waals surface area contributed by atoms with Gasteiger partial charge in [0.15, 0.2) is 0 Å². The van der Waals surface area contributed by atoms with Crippen LogP contribution in [0.5, 0.6) is 0 Å². The van der Waals surface area contributed by atoms with Crippen molar-refractivity contribution in [3.05, 3.63) is 35.9 Å². The first-order chi connectivity index (χ1) is 8.66. The van der Waals surface area contributed by atoms with E-state index in [0.717, 1.165) is 18.7 Å². The minimum absolute atomic E-state index is 0. The minimum atomic E-state index is -0.0622. The predicted octanol–water partition coefficient (Wildman–Crippen LogP) is 2.57. The van der Waals surface area contributed by atoms with Gasteiger partial charge >= 0.3 is 0 Å². The van der Waals surface area contributed by atoms with E-state index in [0.29, 0.717) is 12.5 Å². The summed E-state index contributed by atoms with van der Waals surface area (Å²) in [6.07, 6.45) is 0. The van der Waals surface area contributed by atoms with Gasteiger partial charge in [0.1, 0.15) is 0 Å². The summed E-state index contributed by atoms with van der Waals surface area (Å²) in [6.45, 7) is 8.67. The van der Waals surface area contributed by atoms with Gasteiger partial charge in [-0.2, -0.15) is 0 Å². The highest BCUT2D eigenvalue weighted by molar-refractivity contribution is 5.85. The molecule has 0 aliphatic rings. The highest BCUT2D eigenvalue weighted by Crippen LogP contribution is 2.24. The van der Waals surface area contributed by atoms with Gasteiger partial charge in [0.2, 0.25) is 5.91 Å². The zero-order chi connectivity index (χ0) is 13.4. The lowest BCUT2D eigenvalue weighted by Crippen LogP contribution is -2.36. The first kappa shape index (κ1) is 17.9. The van der Waals surface area contributed by atoms with Crippen LogP contribution in [0, 0.1) is 5.92 Å². The number of hydrogen-bond donors (Lipinski definition) is 2. The maximum absolute atomic E-state index is 12.2. The smallest absolute Gasteiger partial charge is 0.227 e. The van der Waals surface area contributed by atoms with Crippen molar-refractivity contribution >= 4 is 18.3 Å². The fourth-order valence-corrected chi connectivity index (χ4v) is 2.06. The number of rotatable bonds is 7. The molecule has 0 heterocycles. The molecule has 1 amide bonds. The second kappa shape index (κ2) is 9.82. The Morgan fingerprint density at radius 1 is 1.16 bits per heavy atom. The maximum Gasteiger partial charge on any atom is 0.227 e. The molecule has 1 atom stereocenters. The van der Waals surface area contributed by atoms with E-state index in [-0.39, 0.29) is 24.2 Å². The normalized spacial score (nSPS) is 11.8. The van der Waals surface area contributed by atoms with Crippen LogP contribution in [0.2, 0.25) is 0 Å². The molecule has 0 saturated carbocycles. The molecule has 19 heavy (non-hydrogen) atoms. The molecule has 0 aliphatic heterocycles. The lowest BCUT2D eigenvalue weighted by Gasteiger charge is -2.20. The molecule has 1 aromatic carbocycles. The molecular formula is C15H25ClN2O. The number of likely N-dealkylation sites (N-methyl/N-ethyl adjacent to an activating group) is 1. The summed E-state index contributed by atoms with van der Waals surface area (Å²) < 4.78 is 0. The number of carbonyl (C=O) groups is 1. The summed E-state index contributed by atoms with van der Waals surface area (Å²) in [5.41, 5.74) is 1.09. The lowest BCUT2D eigenvalue weighted by molar-refractivity contribution is -0.123. The van der Waals surface area contributed by atoms with Gasteiger partial charge in [-0.15, -0.1) is 12.4 Å². The van der Waals surface area contributed by atoms with Gasteiger partial charge in [0, 0.05) is 13.1 Å².